The fourth-order valence-electron chi connectivity index (χ4n) is 1.68. The average Bonchev–Trinajstić information content (AvgIpc) is 2.86. The first-order chi connectivity index (χ1) is 9.97. The number of aromatic amines is 1. The SMILES string of the molecule is CC(=O)Nc1cccc(C(=O)Nc2c[nH]nc2C(=O)O)c1. The zero-order chi connectivity index (χ0) is 15.4. The highest BCUT2D eigenvalue weighted by Crippen LogP contribution is 2.15. The first-order valence-corrected chi connectivity index (χ1v) is 5.93. The summed E-state index contributed by atoms with van der Waals surface area (Å²) >= 11 is 0. The van der Waals surface area contributed by atoms with Crippen molar-refractivity contribution in [1.82, 2.24) is 10.2 Å². The van der Waals surface area contributed by atoms with Crippen molar-refractivity contribution in [2.75, 3.05) is 10.6 Å². The molecule has 0 spiro atoms. The van der Waals surface area contributed by atoms with Crippen LogP contribution in [0.3, 0.4) is 0 Å². The van der Waals surface area contributed by atoms with E-state index in [2.05, 4.69) is 20.8 Å². The van der Waals surface area contributed by atoms with E-state index in [9.17, 15) is 14.4 Å². The van der Waals surface area contributed by atoms with Gasteiger partial charge in [-0.05, 0) is 18.2 Å². The normalized spacial score (nSPS) is 9.95. The van der Waals surface area contributed by atoms with E-state index in [0.717, 1.165) is 0 Å². The van der Waals surface area contributed by atoms with Crippen LogP contribution in [0.4, 0.5) is 11.4 Å². The molecular formula is C13H12N4O4. The summed E-state index contributed by atoms with van der Waals surface area (Å²) in [6.07, 6.45) is 1.28. The summed E-state index contributed by atoms with van der Waals surface area (Å²) in [5.41, 5.74) is 0.540. The maximum atomic E-state index is 12.1. The van der Waals surface area contributed by atoms with E-state index in [1.165, 1.54) is 19.2 Å². The Bertz CT molecular complexity index is 708. The molecule has 1 aromatic carbocycles. The fourth-order valence-corrected chi connectivity index (χ4v) is 1.68. The van der Waals surface area contributed by atoms with Gasteiger partial charge in [-0.1, -0.05) is 6.07 Å². The number of nitrogens with one attached hydrogen (secondary N) is 3. The van der Waals surface area contributed by atoms with Gasteiger partial charge in [-0.3, -0.25) is 14.7 Å². The zero-order valence-electron chi connectivity index (χ0n) is 11.0. The summed E-state index contributed by atoms with van der Waals surface area (Å²) in [4.78, 5) is 33.9. The van der Waals surface area contributed by atoms with Gasteiger partial charge >= 0.3 is 5.97 Å². The lowest BCUT2D eigenvalue weighted by atomic mass is 10.2. The van der Waals surface area contributed by atoms with Gasteiger partial charge < -0.3 is 15.7 Å². The molecule has 2 amide bonds. The molecule has 2 rings (SSSR count). The number of nitrogens with zero attached hydrogens (tertiary/aromatic N) is 1. The number of anilines is 2. The van der Waals surface area contributed by atoms with E-state index in [0.29, 0.717) is 5.69 Å². The van der Waals surface area contributed by atoms with Crippen LogP contribution in [0, 0.1) is 0 Å². The van der Waals surface area contributed by atoms with Gasteiger partial charge in [0.15, 0.2) is 5.69 Å². The van der Waals surface area contributed by atoms with Crippen molar-refractivity contribution in [3.63, 3.8) is 0 Å². The van der Waals surface area contributed by atoms with E-state index in [1.54, 1.807) is 18.2 Å². The van der Waals surface area contributed by atoms with Crippen LogP contribution in [0.1, 0.15) is 27.8 Å². The Kier molecular flexibility index (Phi) is 3.98. The maximum absolute atomic E-state index is 12.1. The summed E-state index contributed by atoms with van der Waals surface area (Å²) < 4.78 is 0. The Morgan fingerprint density at radius 1 is 1.24 bits per heavy atom. The monoisotopic (exact) mass is 288 g/mol. The Labute approximate surface area is 119 Å². The molecule has 0 radical (unpaired) electrons. The molecule has 108 valence electrons. The number of rotatable bonds is 4. The van der Waals surface area contributed by atoms with Crippen molar-refractivity contribution in [3.05, 3.63) is 41.7 Å². The molecule has 8 nitrogen and oxygen atoms in total. The number of amides is 2. The van der Waals surface area contributed by atoms with E-state index in [4.69, 9.17) is 5.11 Å². The molecule has 2 aromatic rings. The minimum atomic E-state index is -1.25. The van der Waals surface area contributed by atoms with Gasteiger partial charge in [-0.2, -0.15) is 5.10 Å². The second kappa shape index (κ2) is 5.87. The summed E-state index contributed by atoms with van der Waals surface area (Å²) in [7, 11) is 0. The highest BCUT2D eigenvalue weighted by molar-refractivity contribution is 6.07. The minimum absolute atomic E-state index is 0.0671. The molecule has 1 aromatic heterocycles. The molecular weight excluding hydrogens is 276 g/mol. The van der Waals surface area contributed by atoms with Crippen molar-refractivity contribution in [2.24, 2.45) is 0 Å². The number of aromatic nitrogens is 2. The third kappa shape index (κ3) is 3.44. The van der Waals surface area contributed by atoms with Crippen LogP contribution in [0.2, 0.25) is 0 Å². The minimum Gasteiger partial charge on any atom is -0.476 e. The van der Waals surface area contributed by atoms with E-state index in [-0.39, 0.29) is 22.9 Å². The second-order valence-electron chi connectivity index (χ2n) is 4.17. The van der Waals surface area contributed by atoms with Gasteiger partial charge in [0.05, 0.1) is 5.69 Å². The van der Waals surface area contributed by atoms with E-state index in [1.807, 2.05) is 0 Å². The van der Waals surface area contributed by atoms with Gasteiger partial charge in [0.1, 0.15) is 0 Å². The summed E-state index contributed by atoms with van der Waals surface area (Å²) in [6, 6.07) is 6.27. The van der Waals surface area contributed by atoms with Crippen molar-refractivity contribution in [1.29, 1.82) is 0 Å². The van der Waals surface area contributed by atoms with Crippen molar-refractivity contribution in [3.8, 4) is 0 Å². The molecule has 0 aliphatic heterocycles. The first kappa shape index (κ1) is 14.3. The molecule has 8 heteroatoms. The second-order valence-corrected chi connectivity index (χ2v) is 4.17. The largest absolute Gasteiger partial charge is 0.476 e. The van der Waals surface area contributed by atoms with E-state index < -0.39 is 11.9 Å². The van der Waals surface area contributed by atoms with Crippen molar-refractivity contribution < 1.29 is 19.5 Å². The predicted molar refractivity (Wildman–Crippen MR) is 74.2 cm³/mol. The predicted octanol–water partition coefficient (Wildman–Crippen LogP) is 1.32. The first-order valence-electron chi connectivity index (χ1n) is 5.93. The fraction of sp³-hybridized carbons (Fsp3) is 0.0769. The number of carbonyl (C=O) groups excluding carboxylic acids is 2. The van der Waals surface area contributed by atoms with E-state index >= 15 is 0 Å². The molecule has 21 heavy (non-hydrogen) atoms. The lowest BCUT2D eigenvalue weighted by Gasteiger charge is -2.06. The Morgan fingerprint density at radius 3 is 2.67 bits per heavy atom. The molecule has 4 N–H and O–H groups in total. The van der Waals surface area contributed by atoms with Crippen molar-refractivity contribution >= 4 is 29.2 Å². The smallest absolute Gasteiger partial charge is 0.358 e. The lowest BCUT2D eigenvalue weighted by Crippen LogP contribution is -2.14. The molecule has 0 aliphatic rings. The van der Waals surface area contributed by atoms with Crippen LogP contribution < -0.4 is 10.6 Å². The Balaban J connectivity index is 2.18. The summed E-state index contributed by atoms with van der Waals surface area (Å²) in [5.74, 6) is -2.01. The molecule has 0 fully saturated rings. The Hall–Kier alpha value is -3.16. The molecule has 0 atom stereocenters. The molecule has 0 unspecified atom stereocenters. The highest BCUT2D eigenvalue weighted by atomic mass is 16.4. The number of carboxylic acid groups (broad SMARTS) is 1. The standard InChI is InChI=1S/C13H12N4O4/c1-7(18)15-9-4-2-3-8(5-9)12(19)16-10-6-14-17-11(10)13(20)21/h2-6H,1H3,(H,14,17)(H,15,18)(H,16,19)(H,20,21). The number of carboxylic acids is 1. The molecule has 0 bridgehead atoms. The lowest BCUT2D eigenvalue weighted by molar-refractivity contribution is -0.114. The average molecular weight is 288 g/mol. The third-order valence-electron chi connectivity index (χ3n) is 2.54. The molecule has 0 aliphatic carbocycles. The molecule has 0 saturated heterocycles. The van der Waals surface area contributed by atoms with Gasteiger partial charge in [-0.15, -0.1) is 0 Å². The number of H-pyrrole nitrogens is 1. The van der Waals surface area contributed by atoms with Crippen LogP contribution >= 0.6 is 0 Å². The number of hydrogen-bond donors (Lipinski definition) is 4. The van der Waals surface area contributed by atoms with Crippen LogP contribution in [-0.4, -0.2) is 33.1 Å². The van der Waals surface area contributed by atoms with Gasteiger partial charge in [0.25, 0.3) is 5.91 Å². The zero-order valence-corrected chi connectivity index (χ0v) is 11.0. The number of carbonyl (C=O) groups is 3. The Morgan fingerprint density at radius 2 is 2.00 bits per heavy atom. The quantitative estimate of drug-likeness (QED) is 0.675. The molecule has 0 saturated carbocycles. The van der Waals surface area contributed by atoms with Crippen molar-refractivity contribution in [2.45, 2.75) is 6.92 Å². The summed E-state index contributed by atoms with van der Waals surface area (Å²) in [5, 5.41) is 19.8. The van der Waals surface area contributed by atoms with Crippen LogP contribution in [-0.2, 0) is 4.79 Å². The number of benzene rings is 1. The number of hydrogen-bond acceptors (Lipinski definition) is 4. The third-order valence-corrected chi connectivity index (χ3v) is 2.54. The van der Waals surface area contributed by atoms with Crippen LogP contribution in [0.25, 0.3) is 0 Å². The van der Waals surface area contributed by atoms with Gasteiger partial charge in [-0.25, -0.2) is 4.79 Å². The van der Waals surface area contributed by atoms with Crippen LogP contribution in [0.5, 0.6) is 0 Å². The van der Waals surface area contributed by atoms with Gasteiger partial charge in [0, 0.05) is 24.4 Å². The maximum Gasteiger partial charge on any atom is 0.358 e. The topological polar surface area (TPSA) is 124 Å². The van der Waals surface area contributed by atoms with Gasteiger partial charge in [0.2, 0.25) is 5.91 Å². The summed E-state index contributed by atoms with van der Waals surface area (Å²) in [6.45, 7) is 1.36. The number of aromatic carboxylic acids is 1. The highest BCUT2D eigenvalue weighted by Gasteiger charge is 2.16. The molecule has 1 heterocycles. The van der Waals surface area contributed by atoms with Crippen LogP contribution in [0.15, 0.2) is 30.5 Å².